The Bertz CT molecular complexity index is 728. The molecule has 2 aromatic carbocycles. The molecule has 2 aromatic rings. The summed E-state index contributed by atoms with van der Waals surface area (Å²) in [5, 5.41) is 5.52. The van der Waals surface area contributed by atoms with Gasteiger partial charge in [0.15, 0.2) is 6.10 Å². The summed E-state index contributed by atoms with van der Waals surface area (Å²) in [6, 6.07) is 14.6. The number of benzene rings is 2. The minimum Gasteiger partial charge on any atom is -0.480 e. The molecule has 0 saturated heterocycles. The summed E-state index contributed by atoms with van der Waals surface area (Å²) in [6.45, 7) is 5.28. The SMILES string of the molecule is CC[C@@H](Oc1ccccc1C)C(=O)Nc1cccc(NC(C)=O)c1. The van der Waals surface area contributed by atoms with Crippen LogP contribution in [0.1, 0.15) is 25.8 Å². The van der Waals surface area contributed by atoms with Crippen LogP contribution in [-0.2, 0) is 9.59 Å². The topological polar surface area (TPSA) is 67.4 Å². The Hall–Kier alpha value is -2.82. The molecule has 0 aliphatic heterocycles. The predicted molar refractivity (Wildman–Crippen MR) is 95.3 cm³/mol. The zero-order valence-electron chi connectivity index (χ0n) is 14.1. The lowest BCUT2D eigenvalue weighted by molar-refractivity contribution is -0.122. The summed E-state index contributed by atoms with van der Waals surface area (Å²) in [6.07, 6.45) is -0.0403. The number of para-hydroxylation sites is 1. The van der Waals surface area contributed by atoms with Crippen molar-refractivity contribution in [3.05, 3.63) is 54.1 Å². The van der Waals surface area contributed by atoms with Gasteiger partial charge < -0.3 is 15.4 Å². The number of nitrogens with one attached hydrogen (secondary N) is 2. The van der Waals surface area contributed by atoms with Crippen molar-refractivity contribution in [2.75, 3.05) is 10.6 Å². The number of ether oxygens (including phenoxy) is 1. The number of carbonyl (C=O) groups is 2. The molecule has 24 heavy (non-hydrogen) atoms. The maximum atomic E-state index is 12.5. The third kappa shape index (κ3) is 4.84. The fourth-order valence-corrected chi connectivity index (χ4v) is 2.26. The molecule has 0 aliphatic rings. The molecule has 0 aromatic heterocycles. The Kier molecular flexibility index (Phi) is 5.95. The zero-order chi connectivity index (χ0) is 17.5. The molecule has 1 atom stereocenters. The van der Waals surface area contributed by atoms with Gasteiger partial charge in [0.1, 0.15) is 5.75 Å². The van der Waals surface area contributed by atoms with Crippen molar-refractivity contribution in [3.8, 4) is 5.75 Å². The van der Waals surface area contributed by atoms with Crippen LogP contribution in [0.2, 0.25) is 0 Å². The van der Waals surface area contributed by atoms with Crippen molar-refractivity contribution in [1.29, 1.82) is 0 Å². The first-order valence-corrected chi connectivity index (χ1v) is 7.90. The highest BCUT2D eigenvalue weighted by atomic mass is 16.5. The number of aryl methyl sites for hydroxylation is 1. The van der Waals surface area contributed by atoms with Gasteiger partial charge in [0.2, 0.25) is 5.91 Å². The minimum absolute atomic E-state index is 0.159. The average Bonchev–Trinajstić information content (AvgIpc) is 2.53. The van der Waals surface area contributed by atoms with Gasteiger partial charge in [-0.2, -0.15) is 0 Å². The fourth-order valence-electron chi connectivity index (χ4n) is 2.26. The molecule has 5 heteroatoms. The molecule has 0 radical (unpaired) electrons. The third-order valence-electron chi connectivity index (χ3n) is 3.48. The van der Waals surface area contributed by atoms with Crippen LogP contribution in [0.4, 0.5) is 11.4 Å². The first-order chi connectivity index (χ1) is 11.5. The molecule has 0 spiro atoms. The molecule has 5 nitrogen and oxygen atoms in total. The van der Waals surface area contributed by atoms with Crippen LogP contribution in [-0.4, -0.2) is 17.9 Å². The fraction of sp³-hybridized carbons (Fsp3) is 0.263. The van der Waals surface area contributed by atoms with E-state index in [0.717, 1.165) is 5.56 Å². The first-order valence-electron chi connectivity index (χ1n) is 7.90. The molecule has 0 fully saturated rings. The van der Waals surface area contributed by atoms with Gasteiger partial charge in [0.25, 0.3) is 5.91 Å². The second kappa shape index (κ2) is 8.15. The predicted octanol–water partition coefficient (Wildman–Crippen LogP) is 3.75. The third-order valence-corrected chi connectivity index (χ3v) is 3.48. The highest BCUT2D eigenvalue weighted by Gasteiger charge is 2.19. The number of carbonyl (C=O) groups excluding carboxylic acids is 2. The lowest BCUT2D eigenvalue weighted by atomic mass is 10.2. The van der Waals surface area contributed by atoms with Crippen molar-refractivity contribution in [2.45, 2.75) is 33.3 Å². The number of anilines is 2. The lowest BCUT2D eigenvalue weighted by Gasteiger charge is -2.18. The molecule has 2 amide bonds. The van der Waals surface area contributed by atoms with Crippen molar-refractivity contribution in [2.24, 2.45) is 0 Å². The van der Waals surface area contributed by atoms with Crippen molar-refractivity contribution in [3.63, 3.8) is 0 Å². The summed E-state index contributed by atoms with van der Waals surface area (Å²) in [5.41, 5.74) is 2.22. The van der Waals surface area contributed by atoms with Crippen LogP contribution in [0.25, 0.3) is 0 Å². The van der Waals surface area contributed by atoms with E-state index in [1.807, 2.05) is 38.1 Å². The van der Waals surface area contributed by atoms with Crippen LogP contribution in [0, 0.1) is 6.92 Å². The molecular weight excluding hydrogens is 304 g/mol. The summed E-state index contributed by atoms with van der Waals surface area (Å²) >= 11 is 0. The Balaban J connectivity index is 2.07. The number of hydrogen-bond donors (Lipinski definition) is 2. The van der Waals surface area contributed by atoms with E-state index in [0.29, 0.717) is 23.5 Å². The monoisotopic (exact) mass is 326 g/mol. The van der Waals surface area contributed by atoms with Gasteiger partial charge in [-0.3, -0.25) is 9.59 Å². The summed E-state index contributed by atoms with van der Waals surface area (Å²) < 4.78 is 5.84. The summed E-state index contributed by atoms with van der Waals surface area (Å²) in [5.74, 6) is 0.319. The van der Waals surface area contributed by atoms with E-state index in [-0.39, 0.29) is 11.8 Å². The summed E-state index contributed by atoms with van der Waals surface area (Å²) in [7, 11) is 0. The first kappa shape index (κ1) is 17.5. The van der Waals surface area contributed by atoms with Crippen LogP contribution in [0.3, 0.4) is 0 Å². The Labute approximate surface area is 142 Å². The standard InChI is InChI=1S/C19H22N2O3/c1-4-17(24-18-11-6-5-8-13(18)2)19(23)21-16-10-7-9-15(12-16)20-14(3)22/h5-12,17H,4H2,1-3H3,(H,20,22)(H,21,23)/t17-/m1/s1. The summed E-state index contributed by atoms with van der Waals surface area (Å²) in [4.78, 5) is 23.6. The molecule has 0 aliphatic carbocycles. The van der Waals surface area contributed by atoms with E-state index in [1.54, 1.807) is 24.3 Å². The van der Waals surface area contributed by atoms with Crippen LogP contribution < -0.4 is 15.4 Å². The van der Waals surface area contributed by atoms with Gasteiger partial charge in [-0.25, -0.2) is 0 Å². The largest absolute Gasteiger partial charge is 0.480 e. The van der Waals surface area contributed by atoms with Crippen molar-refractivity contribution in [1.82, 2.24) is 0 Å². The van der Waals surface area contributed by atoms with Gasteiger partial charge >= 0.3 is 0 Å². The number of hydrogen-bond acceptors (Lipinski definition) is 3. The smallest absolute Gasteiger partial charge is 0.265 e. The molecular formula is C19H22N2O3. The Morgan fingerprint density at radius 1 is 1.04 bits per heavy atom. The highest BCUT2D eigenvalue weighted by molar-refractivity contribution is 5.95. The van der Waals surface area contributed by atoms with Gasteiger partial charge in [-0.05, 0) is 43.2 Å². The molecule has 0 heterocycles. The second-order valence-electron chi connectivity index (χ2n) is 5.53. The Morgan fingerprint density at radius 2 is 1.71 bits per heavy atom. The minimum atomic E-state index is -0.587. The van der Waals surface area contributed by atoms with Gasteiger partial charge in [-0.1, -0.05) is 31.2 Å². The molecule has 2 N–H and O–H groups in total. The van der Waals surface area contributed by atoms with Crippen LogP contribution in [0.5, 0.6) is 5.75 Å². The van der Waals surface area contributed by atoms with Gasteiger partial charge in [0.05, 0.1) is 0 Å². The molecule has 2 rings (SSSR count). The maximum Gasteiger partial charge on any atom is 0.265 e. The van der Waals surface area contributed by atoms with E-state index in [9.17, 15) is 9.59 Å². The number of rotatable bonds is 6. The van der Waals surface area contributed by atoms with E-state index in [2.05, 4.69) is 10.6 Å². The lowest BCUT2D eigenvalue weighted by Crippen LogP contribution is -2.32. The van der Waals surface area contributed by atoms with Crippen LogP contribution >= 0.6 is 0 Å². The zero-order valence-corrected chi connectivity index (χ0v) is 14.1. The normalized spacial score (nSPS) is 11.5. The number of amides is 2. The molecule has 0 saturated carbocycles. The second-order valence-corrected chi connectivity index (χ2v) is 5.53. The van der Waals surface area contributed by atoms with E-state index < -0.39 is 6.10 Å². The van der Waals surface area contributed by atoms with E-state index >= 15 is 0 Å². The molecule has 0 bridgehead atoms. The highest BCUT2D eigenvalue weighted by Crippen LogP contribution is 2.20. The van der Waals surface area contributed by atoms with E-state index in [4.69, 9.17) is 4.74 Å². The van der Waals surface area contributed by atoms with Crippen molar-refractivity contribution >= 4 is 23.2 Å². The maximum absolute atomic E-state index is 12.5. The average molecular weight is 326 g/mol. The quantitative estimate of drug-likeness (QED) is 0.849. The molecule has 126 valence electrons. The Morgan fingerprint density at radius 3 is 2.33 bits per heavy atom. The van der Waals surface area contributed by atoms with Crippen LogP contribution in [0.15, 0.2) is 48.5 Å². The van der Waals surface area contributed by atoms with Crippen molar-refractivity contribution < 1.29 is 14.3 Å². The van der Waals surface area contributed by atoms with Gasteiger partial charge in [-0.15, -0.1) is 0 Å². The van der Waals surface area contributed by atoms with E-state index in [1.165, 1.54) is 6.92 Å². The molecule has 0 unspecified atom stereocenters. The van der Waals surface area contributed by atoms with Gasteiger partial charge in [0, 0.05) is 18.3 Å².